The van der Waals surface area contributed by atoms with E-state index < -0.39 is 0 Å². The van der Waals surface area contributed by atoms with Crippen molar-refractivity contribution in [3.05, 3.63) is 0 Å². The van der Waals surface area contributed by atoms with Crippen LogP contribution in [0.2, 0.25) is 0 Å². The molecule has 0 aromatic carbocycles. The number of esters is 1. The van der Waals surface area contributed by atoms with Crippen molar-refractivity contribution in [2.75, 3.05) is 26.7 Å². The van der Waals surface area contributed by atoms with Gasteiger partial charge in [0.2, 0.25) is 0 Å². The van der Waals surface area contributed by atoms with E-state index in [1.807, 2.05) is 6.92 Å². The van der Waals surface area contributed by atoms with Crippen molar-refractivity contribution in [2.45, 2.75) is 45.1 Å². The van der Waals surface area contributed by atoms with Crippen LogP contribution in [0.5, 0.6) is 0 Å². The fourth-order valence-corrected chi connectivity index (χ4v) is 3.61. The van der Waals surface area contributed by atoms with Crippen LogP contribution in [0.15, 0.2) is 0 Å². The number of ether oxygens (including phenoxy) is 1. The van der Waals surface area contributed by atoms with Crippen molar-refractivity contribution in [3.63, 3.8) is 0 Å². The minimum Gasteiger partial charge on any atom is -0.466 e. The largest absolute Gasteiger partial charge is 0.466 e. The maximum absolute atomic E-state index is 12.0. The van der Waals surface area contributed by atoms with Gasteiger partial charge in [0.1, 0.15) is 12.0 Å². The Balaban J connectivity index is 2.10. The van der Waals surface area contributed by atoms with Gasteiger partial charge in [-0.2, -0.15) is 0 Å². The molecule has 3 nitrogen and oxygen atoms in total. The lowest BCUT2D eigenvalue weighted by Crippen LogP contribution is -2.62. The van der Waals surface area contributed by atoms with Gasteiger partial charge in [0, 0.05) is 6.42 Å². The summed E-state index contributed by atoms with van der Waals surface area (Å²) < 4.78 is 6.34. The van der Waals surface area contributed by atoms with Gasteiger partial charge in [0.15, 0.2) is 0 Å². The lowest BCUT2D eigenvalue weighted by molar-refractivity contribution is -0.945. The Morgan fingerprint density at radius 3 is 2.75 bits per heavy atom. The molecule has 0 amide bonds. The SMILES string of the molecule is CCOC(=O)[C@H]1CCC[N@+]2(C)CCCC[C@@H]12. The molecule has 3 heteroatoms. The third-order valence-corrected chi connectivity index (χ3v) is 4.46. The molecule has 0 aromatic rings. The van der Waals surface area contributed by atoms with Crippen molar-refractivity contribution in [2.24, 2.45) is 5.92 Å². The third-order valence-electron chi connectivity index (χ3n) is 4.46. The van der Waals surface area contributed by atoms with Gasteiger partial charge in [-0.15, -0.1) is 0 Å². The molecule has 0 unspecified atom stereocenters. The molecule has 16 heavy (non-hydrogen) atoms. The number of piperidine rings is 2. The molecule has 2 heterocycles. The molecule has 0 spiro atoms. The second kappa shape index (κ2) is 4.74. The fourth-order valence-electron chi connectivity index (χ4n) is 3.61. The number of rotatable bonds is 2. The van der Waals surface area contributed by atoms with Gasteiger partial charge in [-0.05, 0) is 32.6 Å². The molecule has 2 fully saturated rings. The van der Waals surface area contributed by atoms with Crippen LogP contribution in [0.3, 0.4) is 0 Å². The first-order chi connectivity index (χ1) is 7.67. The van der Waals surface area contributed by atoms with E-state index in [0.717, 1.165) is 10.9 Å². The summed E-state index contributed by atoms with van der Waals surface area (Å²) in [4.78, 5) is 12.0. The summed E-state index contributed by atoms with van der Waals surface area (Å²) in [5.41, 5.74) is 0. The van der Waals surface area contributed by atoms with Crippen LogP contribution in [0.25, 0.3) is 0 Å². The summed E-state index contributed by atoms with van der Waals surface area (Å²) in [6.07, 6.45) is 6.03. The van der Waals surface area contributed by atoms with E-state index in [9.17, 15) is 4.79 Å². The first-order valence-electron chi connectivity index (χ1n) is 6.68. The number of hydrogen-bond acceptors (Lipinski definition) is 2. The third kappa shape index (κ3) is 2.10. The Kier molecular flexibility index (Phi) is 3.53. The first-order valence-corrected chi connectivity index (χ1v) is 6.68. The van der Waals surface area contributed by atoms with Gasteiger partial charge in [0.05, 0.1) is 26.7 Å². The lowest BCUT2D eigenvalue weighted by Gasteiger charge is -2.50. The average molecular weight is 226 g/mol. The van der Waals surface area contributed by atoms with Crippen LogP contribution < -0.4 is 0 Å². The van der Waals surface area contributed by atoms with Crippen LogP contribution in [0, 0.1) is 5.92 Å². The number of fused-ring (bicyclic) bond motifs is 1. The molecule has 92 valence electrons. The zero-order chi connectivity index (χ0) is 11.6. The Morgan fingerprint density at radius 1 is 1.25 bits per heavy atom. The van der Waals surface area contributed by atoms with Crippen LogP contribution in [0.4, 0.5) is 0 Å². The second-order valence-electron chi connectivity index (χ2n) is 5.49. The normalized spacial score (nSPS) is 38.9. The minimum atomic E-state index is 0.0541. The molecule has 0 aliphatic carbocycles. The lowest BCUT2D eigenvalue weighted by atomic mass is 9.81. The maximum Gasteiger partial charge on any atom is 0.314 e. The number of carbonyl (C=O) groups is 1. The van der Waals surface area contributed by atoms with Crippen LogP contribution in [-0.4, -0.2) is 43.2 Å². The first kappa shape index (κ1) is 11.9. The average Bonchev–Trinajstić information content (AvgIpc) is 2.27. The van der Waals surface area contributed by atoms with Crippen molar-refractivity contribution < 1.29 is 14.0 Å². The van der Waals surface area contributed by atoms with E-state index in [2.05, 4.69) is 7.05 Å². The highest BCUT2D eigenvalue weighted by molar-refractivity contribution is 5.73. The predicted molar refractivity (Wildman–Crippen MR) is 62.9 cm³/mol. The molecular formula is C13H24NO2+. The molecule has 0 radical (unpaired) electrons. The highest BCUT2D eigenvalue weighted by atomic mass is 16.5. The highest BCUT2D eigenvalue weighted by Crippen LogP contribution is 2.36. The van der Waals surface area contributed by atoms with Crippen molar-refractivity contribution in [1.82, 2.24) is 0 Å². The molecule has 0 bridgehead atoms. The smallest absolute Gasteiger partial charge is 0.314 e. The minimum absolute atomic E-state index is 0.0541. The van der Waals surface area contributed by atoms with Crippen LogP contribution in [0.1, 0.15) is 39.0 Å². The van der Waals surface area contributed by atoms with Gasteiger partial charge in [0.25, 0.3) is 0 Å². The zero-order valence-electron chi connectivity index (χ0n) is 10.6. The molecule has 2 saturated heterocycles. The molecule has 2 aliphatic rings. The molecule has 3 atom stereocenters. The fraction of sp³-hybridized carbons (Fsp3) is 0.923. The van der Waals surface area contributed by atoms with Gasteiger partial charge >= 0.3 is 5.97 Å². The molecule has 2 rings (SSSR count). The zero-order valence-corrected chi connectivity index (χ0v) is 10.6. The standard InChI is InChI=1S/C13H24NO2/c1-3-16-13(15)11-7-6-10-14(2)9-5-4-8-12(11)14/h11-12H,3-10H2,1-2H3/q+1/t11-,12-,14-/m0/s1. The van der Waals surface area contributed by atoms with E-state index in [4.69, 9.17) is 4.74 Å². The summed E-state index contributed by atoms with van der Waals surface area (Å²) in [5.74, 6) is 0.220. The summed E-state index contributed by atoms with van der Waals surface area (Å²) in [6.45, 7) is 4.92. The number of quaternary nitrogens is 1. The van der Waals surface area contributed by atoms with Gasteiger partial charge < -0.3 is 9.22 Å². The molecule has 0 saturated carbocycles. The van der Waals surface area contributed by atoms with Crippen molar-refractivity contribution in [1.29, 1.82) is 0 Å². The van der Waals surface area contributed by atoms with Gasteiger partial charge in [-0.1, -0.05) is 0 Å². The Hall–Kier alpha value is -0.570. The summed E-state index contributed by atoms with van der Waals surface area (Å²) in [6, 6.07) is 0.529. The summed E-state index contributed by atoms with van der Waals surface area (Å²) >= 11 is 0. The molecule has 2 aliphatic heterocycles. The van der Waals surface area contributed by atoms with Gasteiger partial charge in [-0.3, -0.25) is 4.79 Å². The quantitative estimate of drug-likeness (QED) is 0.531. The number of nitrogens with zero attached hydrogens (tertiary/aromatic N) is 1. The highest BCUT2D eigenvalue weighted by Gasteiger charge is 2.46. The van der Waals surface area contributed by atoms with E-state index >= 15 is 0 Å². The van der Waals surface area contributed by atoms with E-state index in [0.29, 0.717) is 12.6 Å². The molecule has 0 aromatic heterocycles. The van der Waals surface area contributed by atoms with E-state index in [1.165, 1.54) is 38.8 Å². The van der Waals surface area contributed by atoms with Crippen LogP contribution >= 0.6 is 0 Å². The molecular weight excluding hydrogens is 202 g/mol. The molecule has 0 N–H and O–H groups in total. The van der Waals surface area contributed by atoms with E-state index in [1.54, 1.807) is 0 Å². The number of hydrogen-bond donors (Lipinski definition) is 0. The Morgan fingerprint density at radius 2 is 2.00 bits per heavy atom. The Labute approximate surface area is 98.4 Å². The monoisotopic (exact) mass is 226 g/mol. The van der Waals surface area contributed by atoms with Crippen molar-refractivity contribution >= 4 is 5.97 Å². The second-order valence-corrected chi connectivity index (χ2v) is 5.49. The van der Waals surface area contributed by atoms with Crippen LogP contribution in [-0.2, 0) is 9.53 Å². The predicted octanol–water partition coefficient (Wildman–Crippen LogP) is 1.96. The maximum atomic E-state index is 12.0. The topological polar surface area (TPSA) is 26.3 Å². The van der Waals surface area contributed by atoms with E-state index in [-0.39, 0.29) is 11.9 Å². The number of carbonyl (C=O) groups excluding carboxylic acids is 1. The summed E-state index contributed by atoms with van der Waals surface area (Å²) in [7, 11) is 2.33. The van der Waals surface area contributed by atoms with Crippen molar-refractivity contribution in [3.8, 4) is 0 Å². The van der Waals surface area contributed by atoms with Gasteiger partial charge in [-0.25, -0.2) is 0 Å². The summed E-state index contributed by atoms with van der Waals surface area (Å²) in [5, 5.41) is 0. The Bertz CT molecular complexity index is 263.